The molecule has 0 unspecified atom stereocenters. The second-order valence-corrected chi connectivity index (χ2v) is 13.5. The summed E-state index contributed by atoms with van der Waals surface area (Å²) < 4.78 is 50.0. The minimum atomic E-state index is -2.10. The quantitative estimate of drug-likeness (QED) is 0.0603. The molecule has 0 aliphatic carbocycles. The van der Waals surface area contributed by atoms with Crippen LogP contribution in [0.5, 0.6) is 46.0 Å². The number of rotatable bonds is 13. The molecule has 3 aromatic carbocycles. The first-order chi connectivity index (χ1) is 28.6. The van der Waals surface area contributed by atoms with Crippen LogP contribution in [0.3, 0.4) is 0 Å². The van der Waals surface area contributed by atoms with Gasteiger partial charge in [-0.15, -0.1) is 0 Å². The number of phenolic OH excluding ortho intramolecular Hbond substituents is 4. The molecule has 2 aliphatic heterocycles. The van der Waals surface area contributed by atoms with Crippen molar-refractivity contribution in [1.82, 2.24) is 0 Å². The number of phenols is 4. The Kier molecular flexibility index (Phi) is 13.2. The van der Waals surface area contributed by atoms with Crippen LogP contribution in [0.1, 0.15) is 5.56 Å². The van der Waals surface area contributed by atoms with E-state index >= 15 is 0 Å². The number of hydrogen-bond donors (Lipinski definition) is 10. The first kappa shape index (κ1) is 43.7. The number of aliphatic hydroxyl groups excluding tert-OH is 6. The molecule has 2 aliphatic rings. The molecule has 2 fully saturated rings. The van der Waals surface area contributed by atoms with Crippen molar-refractivity contribution in [1.29, 1.82) is 0 Å². The number of aromatic hydroxyl groups is 4. The van der Waals surface area contributed by atoms with Gasteiger partial charge >= 0.3 is 5.97 Å². The number of ether oxygens (including phenoxy) is 8. The summed E-state index contributed by atoms with van der Waals surface area (Å²) >= 11 is 0. The lowest BCUT2D eigenvalue weighted by molar-refractivity contribution is -0.358. The maximum absolute atomic E-state index is 14.2. The summed E-state index contributed by atoms with van der Waals surface area (Å²) in [5.41, 5.74) is -1.04. The van der Waals surface area contributed by atoms with E-state index in [1.165, 1.54) is 57.7 Å². The number of esters is 1. The van der Waals surface area contributed by atoms with Crippen molar-refractivity contribution < 1.29 is 98.2 Å². The predicted molar refractivity (Wildman–Crippen MR) is 201 cm³/mol. The number of hydrogen-bond acceptors (Lipinski definition) is 21. The van der Waals surface area contributed by atoms with E-state index in [9.17, 15) is 60.7 Å². The molecule has 0 bridgehead atoms. The fraction of sp³-hybridized carbons (Fsp3) is 0.385. The van der Waals surface area contributed by atoms with Gasteiger partial charge in [0.05, 0.1) is 27.9 Å². The van der Waals surface area contributed by atoms with Crippen LogP contribution in [-0.2, 0) is 23.7 Å². The number of aliphatic hydroxyl groups is 6. The van der Waals surface area contributed by atoms with Crippen LogP contribution in [0.4, 0.5) is 0 Å². The van der Waals surface area contributed by atoms with Gasteiger partial charge in [0.2, 0.25) is 23.2 Å². The van der Waals surface area contributed by atoms with Crippen molar-refractivity contribution >= 4 is 23.0 Å². The summed E-state index contributed by atoms with van der Waals surface area (Å²) in [6.45, 7) is -1.63. The smallest absolute Gasteiger partial charge is 0.330 e. The average Bonchev–Trinajstić information content (AvgIpc) is 3.23. The molecule has 0 amide bonds. The Bertz CT molecular complexity index is 2250. The molecule has 4 aromatic rings. The Morgan fingerprint density at radius 1 is 0.750 bits per heavy atom. The molecule has 21 nitrogen and oxygen atoms in total. The number of carbonyl (C=O) groups is 1. The Morgan fingerprint density at radius 3 is 2.05 bits per heavy atom. The van der Waals surface area contributed by atoms with Crippen molar-refractivity contribution in [2.45, 2.75) is 61.4 Å². The molecule has 1 aromatic heterocycles. The van der Waals surface area contributed by atoms with Crippen molar-refractivity contribution in [2.24, 2.45) is 0 Å². The van der Waals surface area contributed by atoms with E-state index < -0.39 is 114 Å². The summed E-state index contributed by atoms with van der Waals surface area (Å²) in [5, 5.41) is 105. The van der Waals surface area contributed by atoms with Crippen LogP contribution >= 0.6 is 0 Å². The highest BCUT2D eigenvalue weighted by Gasteiger charge is 2.52. The van der Waals surface area contributed by atoms with Crippen LogP contribution in [-0.4, -0.2) is 153 Å². The molecule has 21 heteroatoms. The lowest BCUT2D eigenvalue weighted by Gasteiger charge is -2.45. The maximum Gasteiger partial charge on any atom is 0.330 e. The standard InChI is InChI=1S/C39H42O21/c1-52-20-10-16(5-6-18(20)42)35-36(31(48)27-19(43)11-17(41)12-21(27)56-35)59-39-37(60-38-34(51)32(49)29(46)24(13-40)57-38)33(50)30(47)25(58-39)14-55-26(44)7-4-15-8-22(53-2)28(45)23(9-15)54-3/h4-12,24-25,29-30,32-34,37-43,45-47,49-51H,13-14H2,1-3H3/b7-4+/t24-,25+,29+,30+,32-,33-,34+,37+,38-,39-/m0/s1. The van der Waals surface area contributed by atoms with Crippen molar-refractivity contribution in [3.05, 3.63) is 64.3 Å². The van der Waals surface area contributed by atoms with Gasteiger partial charge in [-0.3, -0.25) is 4.79 Å². The number of carbonyl (C=O) groups excluding carboxylic acids is 1. The van der Waals surface area contributed by atoms with E-state index in [-0.39, 0.29) is 39.9 Å². The Hall–Kier alpha value is -5.88. The monoisotopic (exact) mass is 846 g/mol. The molecule has 0 saturated carbocycles. The van der Waals surface area contributed by atoms with E-state index in [1.807, 2.05) is 0 Å². The third kappa shape index (κ3) is 8.70. The Balaban J connectivity index is 1.37. The topological polar surface area (TPSA) is 323 Å². The second kappa shape index (κ2) is 18.2. The van der Waals surface area contributed by atoms with Gasteiger partial charge in [0.25, 0.3) is 0 Å². The normalized spacial score (nSPS) is 26.8. The lowest BCUT2D eigenvalue weighted by Crippen LogP contribution is -2.65. The molecule has 324 valence electrons. The molecule has 6 rings (SSSR count). The van der Waals surface area contributed by atoms with Crippen LogP contribution < -0.4 is 24.4 Å². The van der Waals surface area contributed by atoms with Crippen LogP contribution in [0.25, 0.3) is 28.4 Å². The SMILES string of the molecule is COc1cc(-c2oc3cc(O)cc(O)c3c(=O)c2O[C@@H]2O[C@H](COC(=O)/C=C/c3cc(OC)c(O)c(OC)c3)[C@@H](O)[C@H](O)[C@H]2O[C@@H]2O[C@@H](CO)[C@@H](O)[C@H](O)[C@H]2O)ccc1O. The minimum absolute atomic E-state index is 0.0189. The third-order valence-corrected chi connectivity index (χ3v) is 9.68. The fourth-order valence-corrected chi connectivity index (χ4v) is 6.50. The molecular formula is C39H42O21. The first-order valence-corrected chi connectivity index (χ1v) is 17.9. The molecule has 0 radical (unpaired) electrons. The minimum Gasteiger partial charge on any atom is -0.508 e. The molecule has 10 atom stereocenters. The number of fused-ring (bicyclic) bond motifs is 1. The van der Waals surface area contributed by atoms with Crippen LogP contribution in [0.2, 0.25) is 0 Å². The number of methoxy groups -OCH3 is 3. The highest BCUT2D eigenvalue weighted by molar-refractivity contribution is 5.89. The second-order valence-electron chi connectivity index (χ2n) is 13.5. The van der Waals surface area contributed by atoms with Gasteiger partial charge < -0.3 is 93.4 Å². The fourth-order valence-electron chi connectivity index (χ4n) is 6.50. The molecule has 3 heterocycles. The average molecular weight is 847 g/mol. The van der Waals surface area contributed by atoms with Gasteiger partial charge in [0, 0.05) is 23.8 Å². The molecule has 2 saturated heterocycles. The zero-order valence-electron chi connectivity index (χ0n) is 31.8. The van der Waals surface area contributed by atoms with E-state index in [0.717, 1.165) is 18.2 Å². The van der Waals surface area contributed by atoms with Crippen molar-refractivity contribution in [2.75, 3.05) is 34.5 Å². The van der Waals surface area contributed by atoms with E-state index in [4.69, 9.17) is 42.3 Å². The number of benzene rings is 3. The zero-order valence-corrected chi connectivity index (χ0v) is 31.8. The van der Waals surface area contributed by atoms with Crippen molar-refractivity contribution in [3.8, 4) is 57.3 Å². The van der Waals surface area contributed by atoms with Gasteiger partial charge in [-0.2, -0.15) is 0 Å². The van der Waals surface area contributed by atoms with Gasteiger partial charge in [-0.25, -0.2) is 4.79 Å². The van der Waals surface area contributed by atoms with Crippen LogP contribution in [0.15, 0.2) is 57.8 Å². The molecule has 60 heavy (non-hydrogen) atoms. The summed E-state index contributed by atoms with van der Waals surface area (Å²) in [6, 6.07) is 8.41. The summed E-state index contributed by atoms with van der Waals surface area (Å²) in [6.07, 6.45) is -16.7. The largest absolute Gasteiger partial charge is 0.508 e. The summed E-state index contributed by atoms with van der Waals surface area (Å²) in [7, 11) is 3.87. The van der Waals surface area contributed by atoms with E-state index in [1.54, 1.807) is 0 Å². The maximum atomic E-state index is 14.2. The van der Waals surface area contributed by atoms with Crippen molar-refractivity contribution in [3.63, 3.8) is 0 Å². The van der Waals surface area contributed by atoms with E-state index in [2.05, 4.69) is 0 Å². The summed E-state index contributed by atoms with van der Waals surface area (Å²) in [4.78, 5) is 27.1. The Morgan fingerprint density at radius 2 is 1.40 bits per heavy atom. The first-order valence-electron chi connectivity index (χ1n) is 17.9. The molecule has 10 N–H and O–H groups in total. The summed E-state index contributed by atoms with van der Waals surface area (Å²) in [5.74, 6) is -3.95. The van der Waals surface area contributed by atoms with Gasteiger partial charge in [0.15, 0.2) is 41.2 Å². The van der Waals surface area contributed by atoms with Gasteiger partial charge in [-0.1, -0.05) is 0 Å². The predicted octanol–water partition coefficient (Wildman–Crippen LogP) is -0.425. The van der Waals surface area contributed by atoms with E-state index in [0.29, 0.717) is 5.56 Å². The lowest BCUT2D eigenvalue weighted by atomic mass is 9.97. The van der Waals surface area contributed by atoms with Crippen LogP contribution in [0, 0.1) is 0 Å². The molecule has 0 spiro atoms. The molecular weight excluding hydrogens is 804 g/mol. The zero-order chi connectivity index (χ0) is 43.6. The van der Waals surface area contributed by atoms with Gasteiger partial charge in [0.1, 0.15) is 71.8 Å². The van der Waals surface area contributed by atoms with Gasteiger partial charge in [-0.05, 0) is 42.0 Å². The Labute approximate surface area is 338 Å². The third-order valence-electron chi connectivity index (χ3n) is 9.68. The highest BCUT2D eigenvalue weighted by Crippen LogP contribution is 2.41. The highest BCUT2D eigenvalue weighted by atomic mass is 16.8.